The second kappa shape index (κ2) is 9.98. The van der Waals surface area contributed by atoms with Gasteiger partial charge in [0.2, 0.25) is 0 Å². The molecule has 0 saturated heterocycles. The first-order valence-corrected chi connectivity index (χ1v) is 9.47. The Hall–Kier alpha value is -4.26. The summed E-state index contributed by atoms with van der Waals surface area (Å²) >= 11 is 0. The van der Waals surface area contributed by atoms with Gasteiger partial charge in [0, 0.05) is 16.8 Å². The van der Waals surface area contributed by atoms with Crippen LogP contribution in [0.25, 0.3) is 0 Å². The van der Waals surface area contributed by atoms with Crippen LogP contribution in [0.4, 0.5) is 11.4 Å². The van der Waals surface area contributed by atoms with Crippen LogP contribution < -0.4 is 10.6 Å². The van der Waals surface area contributed by atoms with Gasteiger partial charge in [-0.2, -0.15) is 0 Å². The number of ether oxygens (including phenoxy) is 1. The first-order valence-electron chi connectivity index (χ1n) is 9.47. The molecule has 0 heterocycles. The third kappa shape index (κ3) is 5.86. The van der Waals surface area contributed by atoms with Crippen molar-refractivity contribution in [3.8, 4) is 0 Å². The minimum atomic E-state index is -0.753. The highest BCUT2D eigenvalue weighted by atomic mass is 16.5. The van der Waals surface area contributed by atoms with E-state index in [0.717, 1.165) is 0 Å². The Balaban J connectivity index is 1.62. The van der Waals surface area contributed by atoms with E-state index < -0.39 is 18.5 Å². The number of anilines is 2. The molecule has 3 aromatic carbocycles. The van der Waals surface area contributed by atoms with Crippen LogP contribution in [0.1, 0.15) is 38.0 Å². The lowest BCUT2D eigenvalue weighted by molar-refractivity contribution is -0.119. The van der Waals surface area contributed by atoms with E-state index in [1.807, 2.05) is 0 Å². The normalized spacial score (nSPS) is 10.1. The molecule has 0 atom stereocenters. The van der Waals surface area contributed by atoms with Gasteiger partial charge in [-0.3, -0.25) is 14.4 Å². The highest BCUT2D eigenvalue weighted by molar-refractivity contribution is 6.08. The quantitative estimate of drug-likeness (QED) is 0.449. The number of rotatable bonds is 7. The van der Waals surface area contributed by atoms with Crippen molar-refractivity contribution in [1.82, 2.24) is 0 Å². The van der Waals surface area contributed by atoms with Crippen LogP contribution in [0.5, 0.6) is 0 Å². The number of nitrogens with one attached hydrogen (secondary N) is 2. The highest BCUT2D eigenvalue weighted by Gasteiger charge is 2.16. The smallest absolute Gasteiger partial charge is 0.340 e. The molecule has 156 valence electrons. The monoisotopic (exact) mass is 416 g/mol. The maximum Gasteiger partial charge on any atom is 0.340 e. The molecule has 31 heavy (non-hydrogen) atoms. The first kappa shape index (κ1) is 21.4. The van der Waals surface area contributed by atoms with Crippen LogP contribution >= 0.6 is 0 Å². The minimum absolute atomic E-state index is 0.123. The second-order valence-electron chi connectivity index (χ2n) is 6.63. The van der Waals surface area contributed by atoms with Crippen molar-refractivity contribution >= 4 is 34.9 Å². The van der Waals surface area contributed by atoms with E-state index in [0.29, 0.717) is 16.8 Å². The summed E-state index contributed by atoms with van der Waals surface area (Å²) in [5, 5.41) is 5.25. The van der Waals surface area contributed by atoms with Crippen LogP contribution in [0.2, 0.25) is 0 Å². The van der Waals surface area contributed by atoms with Gasteiger partial charge in [-0.25, -0.2) is 4.79 Å². The number of Topliss-reactive ketones (excluding diaryl/α,β-unsaturated/α-hetero) is 1. The van der Waals surface area contributed by atoms with Crippen LogP contribution in [-0.4, -0.2) is 30.2 Å². The summed E-state index contributed by atoms with van der Waals surface area (Å²) < 4.78 is 5.10. The molecule has 2 amide bonds. The first-order chi connectivity index (χ1) is 14.9. The number of esters is 1. The van der Waals surface area contributed by atoms with Crippen LogP contribution in [-0.2, 0) is 9.53 Å². The summed E-state index contributed by atoms with van der Waals surface area (Å²) in [6.45, 7) is 0.904. The van der Waals surface area contributed by atoms with E-state index in [1.54, 1.807) is 66.7 Å². The van der Waals surface area contributed by atoms with E-state index in [9.17, 15) is 19.2 Å². The van der Waals surface area contributed by atoms with Crippen molar-refractivity contribution in [2.24, 2.45) is 0 Å². The third-order valence-electron chi connectivity index (χ3n) is 4.32. The zero-order valence-corrected chi connectivity index (χ0v) is 16.8. The van der Waals surface area contributed by atoms with Gasteiger partial charge in [0.1, 0.15) is 0 Å². The number of carbonyl (C=O) groups excluding carboxylic acids is 4. The second-order valence-corrected chi connectivity index (χ2v) is 6.63. The number of hydrogen-bond acceptors (Lipinski definition) is 5. The molecule has 0 saturated carbocycles. The van der Waals surface area contributed by atoms with Gasteiger partial charge in [-0.15, -0.1) is 0 Å². The van der Waals surface area contributed by atoms with Crippen LogP contribution in [0.3, 0.4) is 0 Å². The fourth-order valence-electron chi connectivity index (χ4n) is 2.78. The van der Waals surface area contributed by atoms with Gasteiger partial charge in [0.05, 0.1) is 11.3 Å². The standard InChI is InChI=1S/C24H20N2O5/c1-16(27)18-10-7-11-19(14-18)25-22(28)15-31-24(30)20-12-5-6-13-21(20)26-23(29)17-8-3-2-4-9-17/h2-14H,15H2,1H3,(H,25,28)(H,26,29). The Bertz CT molecular complexity index is 1130. The molecule has 0 spiro atoms. The topological polar surface area (TPSA) is 102 Å². The largest absolute Gasteiger partial charge is 0.452 e. The Morgan fingerprint density at radius 2 is 1.45 bits per heavy atom. The average molecular weight is 416 g/mol. The Morgan fingerprint density at radius 3 is 2.19 bits per heavy atom. The third-order valence-corrected chi connectivity index (χ3v) is 4.32. The summed E-state index contributed by atoms with van der Waals surface area (Å²) in [6, 6.07) is 21.4. The van der Waals surface area contributed by atoms with Crippen molar-refractivity contribution < 1.29 is 23.9 Å². The van der Waals surface area contributed by atoms with Crippen LogP contribution in [0, 0.1) is 0 Å². The molecule has 7 nitrogen and oxygen atoms in total. The molecule has 7 heteroatoms. The molecule has 0 bridgehead atoms. The predicted molar refractivity (Wildman–Crippen MR) is 116 cm³/mol. The molecular formula is C24H20N2O5. The highest BCUT2D eigenvalue weighted by Crippen LogP contribution is 2.18. The Labute approximate surface area is 179 Å². The molecule has 0 fully saturated rings. The van der Waals surface area contributed by atoms with Crippen molar-refractivity contribution in [3.63, 3.8) is 0 Å². The number of para-hydroxylation sites is 1. The fraction of sp³-hybridized carbons (Fsp3) is 0.0833. The maximum atomic E-state index is 12.5. The Kier molecular flexibility index (Phi) is 6.90. The predicted octanol–water partition coefficient (Wildman–Crippen LogP) is 3.94. The lowest BCUT2D eigenvalue weighted by Crippen LogP contribution is -2.22. The number of ketones is 1. The summed E-state index contributed by atoms with van der Waals surface area (Å²) in [5.74, 6) is -1.81. The van der Waals surface area contributed by atoms with Crippen molar-refractivity contribution in [2.45, 2.75) is 6.92 Å². The van der Waals surface area contributed by atoms with Gasteiger partial charge in [-0.05, 0) is 43.3 Å². The summed E-state index contributed by atoms with van der Waals surface area (Å²) in [5.41, 5.74) is 1.72. The van der Waals surface area contributed by atoms with E-state index in [4.69, 9.17) is 4.74 Å². The van der Waals surface area contributed by atoms with Gasteiger partial charge in [0.25, 0.3) is 11.8 Å². The van der Waals surface area contributed by atoms with Crippen molar-refractivity contribution in [3.05, 3.63) is 95.6 Å². The van der Waals surface area contributed by atoms with E-state index >= 15 is 0 Å². The maximum absolute atomic E-state index is 12.5. The molecule has 3 aromatic rings. The Morgan fingerprint density at radius 1 is 0.774 bits per heavy atom. The zero-order valence-electron chi connectivity index (χ0n) is 16.8. The molecule has 2 N–H and O–H groups in total. The van der Waals surface area contributed by atoms with Gasteiger partial charge in [-0.1, -0.05) is 42.5 Å². The molecule has 0 unspecified atom stereocenters. The number of benzene rings is 3. The van der Waals surface area contributed by atoms with Crippen molar-refractivity contribution in [2.75, 3.05) is 17.2 Å². The molecule has 0 aromatic heterocycles. The number of carbonyl (C=O) groups is 4. The number of amides is 2. The summed E-state index contributed by atoms with van der Waals surface area (Å²) in [7, 11) is 0. The van der Waals surface area contributed by atoms with Gasteiger partial charge < -0.3 is 15.4 Å². The minimum Gasteiger partial charge on any atom is -0.452 e. The van der Waals surface area contributed by atoms with Gasteiger partial charge >= 0.3 is 5.97 Å². The molecule has 0 aliphatic heterocycles. The van der Waals surface area contributed by atoms with Crippen LogP contribution in [0.15, 0.2) is 78.9 Å². The average Bonchev–Trinajstić information content (AvgIpc) is 2.78. The van der Waals surface area contributed by atoms with Crippen molar-refractivity contribution in [1.29, 1.82) is 0 Å². The lowest BCUT2D eigenvalue weighted by atomic mass is 10.1. The SMILES string of the molecule is CC(=O)c1cccc(NC(=O)COC(=O)c2ccccc2NC(=O)c2ccccc2)c1. The summed E-state index contributed by atoms with van der Waals surface area (Å²) in [4.78, 5) is 48.4. The molecule has 3 rings (SSSR count). The fourth-order valence-corrected chi connectivity index (χ4v) is 2.78. The molecular weight excluding hydrogens is 396 g/mol. The molecule has 0 aliphatic rings. The zero-order chi connectivity index (χ0) is 22.2. The van der Waals surface area contributed by atoms with E-state index in [1.165, 1.54) is 19.1 Å². The molecule has 0 aliphatic carbocycles. The van der Waals surface area contributed by atoms with Gasteiger partial charge in [0.15, 0.2) is 12.4 Å². The van der Waals surface area contributed by atoms with E-state index in [2.05, 4.69) is 10.6 Å². The van der Waals surface area contributed by atoms with E-state index in [-0.39, 0.29) is 22.9 Å². The number of hydrogen-bond donors (Lipinski definition) is 2. The summed E-state index contributed by atoms with van der Waals surface area (Å²) in [6.07, 6.45) is 0. The molecule has 0 radical (unpaired) electrons. The lowest BCUT2D eigenvalue weighted by Gasteiger charge is -2.11.